The van der Waals surface area contributed by atoms with E-state index in [4.69, 9.17) is 15.2 Å². The van der Waals surface area contributed by atoms with E-state index in [9.17, 15) is 4.79 Å². The van der Waals surface area contributed by atoms with Crippen molar-refractivity contribution in [3.8, 4) is 11.5 Å². The van der Waals surface area contributed by atoms with E-state index in [1.165, 1.54) is 0 Å². The molecule has 1 aliphatic rings. The van der Waals surface area contributed by atoms with Gasteiger partial charge >= 0.3 is 0 Å². The Morgan fingerprint density at radius 3 is 2.59 bits per heavy atom. The lowest BCUT2D eigenvalue weighted by Gasteiger charge is -2.32. The molecule has 0 spiro atoms. The SMILES string of the molecule is CCN(CC1COc2ccccc2O1)C(=O)C(C)C(C)N.Cl. The Kier molecular flexibility index (Phi) is 6.97. The molecule has 0 radical (unpaired) electrons. The number of halogens is 1. The van der Waals surface area contributed by atoms with Gasteiger partial charge in [-0.1, -0.05) is 19.1 Å². The van der Waals surface area contributed by atoms with Gasteiger partial charge in [-0.15, -0.1) is 12.4 Å². The first-order valence-corrected chi connectivity index (χ1v) is 7.45. The maximum absolute atomic E-state index is 12.4. The number of nitrogens with zero attached hydrogens (tertiary/aromatic N) is 1. The van der Waals surface area contributed by atoms with E-state index in [0.29, 0.717) is 19.7 Å². The van der Waals surface area contributed by atoms with E-state index in [0.717, 1.165) is 11.5 Å². The van der Waals surface area contributed by atoms with Crippen molar-refractivity contribution in [2.24, 2.45) is 11.7 Å². The Bertz CT molecular complexity index is 496. The largest absolute Gasteiger partial charge is 0.486 e. The average Bonchev–Trinajstić information content (AvgIpc) is 2.50. The molecule has 0 saturated carbocycles. The summed E-state index contributed by atoms with van der Waals surface area (Å²) in [6, 6.07) is 7.42. The first-order valence-electron chi connectivity index (χ1n) is 7.45. The molecule has 1 heterocycles. The number of hydrogen-bond donors (Lipinski definition) is 1. The number of carbonyl (C=O) groups is 1. The lowest BCUT2D eigenvalue weighted by atomic mass is 10.0. The zero-order valence-corrected chi connectivity index (χ0v) is 14.1. The van der Waals surface area contributed by atoms with E-state index >= 15 is 0 Å². The van der Waals surface area contributed by atoms with Crippen LogP contribution < -0.4 is 15.2 Å². The number of nitrogens with two attached hydrogens (primary N) is 1. The van der Waals surface area contributed by atoms with Gasteiger partial charge in [0.25, 0.3) is 0 Å². The Morgan fingerprint density at radius 2 is 2.00 bits per heavy atom. The molecule has 5 nitrogen and oxygen atoms in total. The number of fused-ring (bicyclic) bond motifs is 1. The quantitative estimate of drug-likeness (QED) is 0.898. The molecule has 0 bridgehead atoms. The predicted molar refractivity (Wildman–Crippen MR) is 88.7 cm³/mol. The van der Waals surface area contributed by atoms with Gasteiger partial charge in [0.15, 0.2) is 17.6 Å². The minimum absolute atomic E-state index is 0. The first-order chi connectivity index (χ1) is 10.0. The van der Waals surface area contributed by atoms with Gasteiger partial charge in [0.1, 0.15) is 6.61 Å². The zero-order chi connectivity index (χ0) is 15.4. The topological polar surface area (TPSA) is 64.8 Å². The second kappa shape index (κ2) is 8.25. The van der Waals surface area contributed by atoms with Gasteiger partial charge in [-0.2, -0.15) is 0 Å². The highest BCUT2D eigenvalue weighted by atomic mass is 35.5. The summed E-state index contributed by atoms with van der Waals surface area (Å²) in [4.78, 5) is 14.2. The molecular weight excluding hydrogens is 304 g/mol. The maximum atomic E-state index is 12.4. The van der Waals surface area contributed by atoms with Crippen LogP contribution in [0.1, 0.15) is 20.8 Å². The van der Waals surface area contributed by atoms with E-state index in [1.54, 1.807) is 4.90 Å². The normalized spacial score (nSPS) is 18.8. The first kappa shape index (κ1) is 18.6. The molecule has 0 aromatic heterocycles. The van der Waals surface area contributed by atoms with Crippen molar-refractivity contribution in [1.82, 2.24) is 4.90 Å². The van der Waals surface area contributed by atoms with Crippen molar-refractivity contribution in [1.29, 1.82) is 0 Å². The maximum Gasteiger partial charge on any atom is 0.227 e. The van der Waals surface area contributed by atoms with Gasteiger partial charge in [0.05, 0.1) is 12.5 Å². The highest BCUT2D eigenvalue weighted by Gasteiger charge is 2.28. The van der Waals surface area contributed by atoms with Crippen molar-refractivity contribution in [2.45, 2.75) is 32.9 Å². The summed E-state index contributed by atoms with van der Waals surface area (Å²) in [5.41, 5.74) is 5.82. The lowest BCUT2D eigenvalue weighted by Crippen LogP contribution is -2.47. The fraction of sp³-hybridized carbons (Fsp3) is 0.562. The molecule has 1 aromatic carbocycles. The molecule has 0 saturated heterocycles. The van der Waals surface area contributed by atoms with Crippen LogP contribution in [0.15, 0.2) is 24.3 Å². The predicted octanol–water partition coefficient (Wildman–Crippen LogP) is 2.08. The molecule has 1 amide bonds. The molecule has 1 aromatic rings. The van der Waals surface area contributed by atoms with Crippen LogP contribution in [0, 0.1) is 5.92 Å². The molecule has 22 heavy (non-hydrogen) atoms. The van der Waals surface area contributed by atoms with Crippen LogP contribution in [0.3, 0.4) is 0 Å². The minimum Gasteiger partial charge on any atom is -0.486 e. The summed E-state index contributed by atoms with van der Waals surface area (Å²) in [6.07, 6.45) is -0.149. The van der Waals surface area contributed by atoms with Gasteiger partial charge in [0, 0.05) is 12.6 Å². The average molecular weight is 329 g/mol. The molecule has 1 aliphatic heterocycles. The monoisotopic (exact) mass is 328 g/mol. The van der Waals surface area contributed by atoms with Gasteiger partial charge in [-0.25, -0.2) is 0 Å². The van der Waals surface area contributed by atoms with Crippen molar-refractivity contribution in [3.63, 3.8) is 0 Å². The molecule has 3 atom stereocenters. The molecule has 6 heteroatoms. The third-order valence-corrected chi connectivity index (χ3v) is 3.86. The molecule has 0 fully saturated rings. The van der Waals surface area contributed by atoms with Crippen molar-refractivity contribution in [2.75, 3.05) is 19.7 Å². The summed E-state index contributed by atoms with van der Waals surface area (Å²) in [6.45, 7) is 7.28. The molecule has 0 aliphatic carbocycles. The second-order valence-electron chi connectivity index (χ2n) is 5.52. The highest BCUT2D eigenvalue weighted by Crippen LogP contribution is 2.31. The molecule has 2 N–H and O–H groups in total. The summed E-state index contributed by atoms with van der Waals surface area (Å²) in [5.74, 6) is 1.36. The lowest BCUT2D eigenvalue weighted by molar-refractivity contribution is -0.136. The fourth-order valence-corrected chi connectivity index (χ4v) is 2.29. The zero-order valence-electron chi connectivity index (χ0n) is 13.3. The smallest absolute Gasteiger partial charge is 0.227 e. The van der Waals surface area contributed by atoms with E-state index < -0.39 is 0 Å². The Balaban J connectivity index is 0.00000242. The van der Waals surface area contributed by atoms with Crippen LogP contribution in [0.5, 0.6) is 11.5 Å². The number of carbonyl (C=O) groups excluding carboxylic acids is 1. The van der Waals surface area contributed by atoms with E-state index in [2.05, 4.69) is 0 Å². The molecule has 124 valence electrons. The highest BCUT2D eigenvalue weighted by molar-refractivity contribution is 5.85. The number of benzene rings is 1. The number of hydrogen-bond acceptors (Lipinski definition) is 4. The van der Waals surface area contributed by atoms with Gasteiger partial charge in [-0.3, -0.25) is 4.79 Å². The Morgan fingerprint density at radius 1 is 1.36 bits per heavy atom. The van der Waals surface area contributed by atoms with Crippen LogP contribution in [0.2, 0.25) is 0 Å². The van der Waals surface area contributed by atoms with Gasteiger partial charge in [0.2, 0.25) is 5.91 Å². The number of amides is 1. The molecule has 2 rings (SSSR count). The number of rotatable bonds is 5. The van der Waals surface area contributed by atoms with Crippen LogP contribution in [0.25, 0.3) is 0 Å². The third-order valence-electron chi connectivity index (χ3n) is 3.86. The molecule has 3 unspecified atom stereocenters. The third kappa shape index (κ3) is 4.27. The Labute approximate surface area is 138 Å². The van der Waals surface area contributed by atoms with Crippen LogP contribution in [-0.2, 0) is 4.79 Å². The van der Waals surface area contributed by atoms with E-state index in [-0.39, 0.29) is 36.4 Å². The summed E-state index contributed by atoms with van der Waals surface area (Å²) >= 11 is 0. The van der Waals surface area contributed by atoms with E-state index in [1.807, 2.05) is 45.0 Å². The minimum atomic E-state index is -0.193. The number of likely N-dealkylation sites (N-methyl/N-ethyl adjacent to an activating group) is 1. The van der Waals surface area contributed by atoms with Crippen molar-refractivity contribution < 1.29 is 14.3 Å². The second-order valence-corrected chi connectivity index (χ2v) is 5.52. The van der Waals surface area contributed by atoms with Crippen LogP contribution in [0.4, 0.5) is 0 Å². The van der Waals surface area contributed by atoms with Crippen molar-refractivity contribution in [3.05, 3.63) is 24.3 Å². The number of ether oxygens (including phenoxy) is 2. The van der Waals surface area contributed by atoms with Crippen LogP contribution in [-0.4, -0.2) is 42.6 Å². The summed E-state index contributed by atoms with van der Waals surface area (Å²) in [5, 5.41) is 0. The summed E-state index contributed by atoms with van der Waals surface area (Å²) in [7, 11) is 0. The van der Waals surface area contributed by atoms with Gasteiger partial charge < -0.3 is 20.1 Å². The Hall–Kier alpha value is -1.46. The molecular formula is C16H25ClN2O3. The summed E-state index contributed by atoms with van der Waals surface area (Å²) < 4.78 is 11.6. The fourth-order valence-electron chi connectivity index (χ4n) is 2.29. The van der Waals surface area contributed by atoms with Crippen molar-refractivity contribution >= 4 is 18.3 Å². The number of para-hydroxylation sites is 2. The van der Waals surface area contributed by atoms with Gasteiger partial charge in [-0.05, 0) is 26.0 Å². The standard InChI is InChI=1S/C16H24N2O3.ClH/c1-4-18(16(19)11(2)12(3)17)9-13-10-20-14-7-5-6-8-15(14)21-13;/h5-8,11-13H,4,9-10,17H2,1-3H3;1H. The van der Waals surface area contributed by atoms with Crippen LogP contribution >= 0.6 is 12.4 Å².